The molecule has 0 spiro atoms. The van der Waals surface area contributed by atoms with Crippen molar-refractivity contribution in [3.63, 3.8) is 0 Å². The van der Waals surface area contributed by atoms with E-state index in [0.29, 0.717) is 0 Å². The van der Waals surface area contributed by atoms with Gasteiger partial charge in [-0.2, -0.15) is 0 Å². The van der Waals surface area contributed by atoms with Crippen LogP contribution in [0.5, 0.6) is 0 Å². The zero-order chi connectivity index (χ0) is 18.2. The van der Waals surface area contributed by atoms with E-state index in [9.17, 15) is 28.1 Å². The van der Waals surface area contributed by atoms with Crippen LogP contribution in [0.4, 0.5) is 11.4 Å². The zero-order valence-corrected chi connectivity index (χ0v) is 13.2. The summed E-state index contributed by atoms with van der Waals surface area (Å²) in [6, 6.07) is 8.94. The average Bonchev–Trinajstić information content (AvgIpc) is 2.55. The van der Waals surface area contributed by atoms with Crippen molar-refractivity contribution in [2.75, 3.05) is 4.72 Å². The van der Waals surface area contributed by atoms with Gasteiger partial charge < -0.3 is 9.97 Å². The molecule has 0 unspecified atom stereocenters. The number of fused-ring (bicyclic) bond motifs is 1. The van der Waals surface area contributed by atoms with Gasteiger partial charge in [-0.3, -0.25) is 24.4 Å². The van der Waals surface area contributed by atoms with E-state index >= 15 is 0 Å². The van der Waals surface area contributed by atoms with Crippen LogP contribution >= 0.6 is 0 Å². The number of para-hydroxylation sites is 2. The van der Waals surface area contributed by atoms with E-state index in [1.807, 2.05) is 0 Å². The van der Waals surface area contributed by atoms with Gasteiger partial charge in [0.15, 0.2) is 0 Å². The lowest BCUT2D eigenvalue weighted by Gasteiger charge is -2.09. The number of nitrogens with one attached hydrogen (secondary N) is 3. The van der Waals surface area contributed by atoms with Crippen LogP contribution in [-0.2, 0) is 10.0 Å². The number of sulfonamides is 1. The third-order valence-corrected chi connectivity index (χ3v) is 4.71. The molecule has 25 heavy (non-hydrogen) atoms. The summed E-state index contributed by atoms with van der Waals surface area (Å²) in [4.78, 5) is 37.2. The van der Waals surface area contributed by atoms with E-state index in [1.165, 1.54) is 36.4 Å². The summed E-state index contributed by atoms with van der Waals surface area (Å²) in [5, 5.41) is 11.0. The molecular weight excluding hydrogens is 352 g/mol. The number of nitro benzene ring substituents is 1. The summed E-state index contributed by atoms with van der Waals surface area (Å²) in [6.07, 6.45) is 0. The quantitative estimate of drug-likeness (QED) is 0.356. The lowest BCUT2D eigenvalue weighted by molar-refractivity contribution is -0.383. The molecule has 3 rings (SSSR count). The molecule has 0 atom stereocenters. The number of rotatable bonds is 4. The molecule has 0 aliphatic carbocycles. The Morgan fingerprint density at radius 1 is 0.960 bits per heavy atom. The van der Waals surface area contributed by atoms with Gasteiger partial charge in [-0.05, 0) is 24.3 Å². The van der Waals surface area contributed by atoms with Gasteiger partial charge in [0.25, 0.3) is 15.7 Å². The third-order valence-electron chi connectivity index (χ3n) is 3.35. The second-order valence-corrected chi connectivity index (χ2v) is 6.68. The number of hydrogen-bond donors (Lipinski definition) is 3. The van der Waals surface area contributed by atoms with Crippen molar-refractivity contribution in [1.82, 2.24) is 9.97 Å². The molecule has 10 nitrogen and oxygen atoms in total. The molecule has 0 radical (unpaired) electrons. The molecular formula is C14H10N4O6S. The van der Waals surface area contributed by atoms with Gasteiger partial charge in [0.2, 0.25) is 0 Å². The molecule has 0 fully saturated rings. The van der Waals surface area contributed by atoms with Crippen LogP contribution in [0.1, 0.15) is 0 Å². The number of benzene rings is 2. The molecule has 11 heteroatoms. The fraction of sp³-hybridized carbons (Fsp3) is 0. The Balaban J connectivity index is 2.08. The predicted molar refractivity (Wildman–Crippen MR) is 89.1 cm³/mol. The van der Waals surface area contributed by atoms with E-state index in [1.54, 1.807) is 0 Å². The van der Waals surface area contributed by atoms with E-state index in [4.69, 9.17) is 0 Å². The van der Waals surface area contributed by atoms with Gasteiger partial charge in [-0.1, -0.05) is 12.1 Å². The predicted octanol–water partition coefficient (Wildman–Crippen LogP) is 0.925. The van der Waals surface area contributed by atoms with E-state index < -0.39 is 31.8 Å². The summed E-state index contributed by atoms with van der Waals surface area (Å²) >= 11 is 0. The molecule has 1 heterocycles. The molecule has 2 aromatic carbocycles. The maximum atomic E-state index is 12.5. The first-order valence-electron chi connectivity index (χ1n) is 6.80. The van der Waals surface area contributed by atoms with E-state index in [0.717, 1.165) is 6.07 Å². The zero-order valence-electron chi connectivity index (χ0n) is 12.3. The molecule has 128 valence electrons. The first-order valence-corrected chi connectivity index (χ1v) is 8.29. The number of hydrogen-bond acceptors (Lipinski definition) is 6. The highest BCUT2D eigenvalue weighted by molar-refractivity contribution is 7.92. The van der Waals surface area contributed by atoms with Crippen molar-refractivity contribution in [2.45, 2.75) is 4.90 Å². The molecule has 0 amide bonds. The minimum Gasteiger partial charge on any atom is -0.316 e. The van der Waals surface area contributed by atoms with Crippen LogP contribution in [0, 0.1) is 10.1 Å². The fourth-order valence-electron chi connectivity index (χ4n) is 2.18. The van der Waals surface area contributed by atoms with Gasteiger partial charge in [-0.25, -0.2) is 8.42 Å². The van der Waals surface area contributed by atoms with E-state index in [-0.39, 0.29) is 21.6 Å². The number of H-pyrrole nitrogens is 2. The van der Waals surface area contributed by atoms with Crippen LogP contribution in [0.2, 0.25) is 0 Å². The number of anilines is 1. The maximum absolute atomic E-state index is 12.5. The minimum atomic E-state index is -4.15. The monoisotopic (exact) mass is 362 g/mol. The standard InChI is InChI=1S/C14H10N4O6S/c19-13-14(20)16-11-7-8(5-6-9(11)15-13)25(23,24)17-10-3-1-2-4-12(10)18(21)22/h1-7,17H,(H,15,19)(H,16,20). The first-order chi connectivity index (χ1) is 11.8. The summed E-state index contributed by atoms with van der Waals surface area (Å²) in [5.41, 5.74) is -2.02. The highest BCUT2D eigenvalue weighted by atomic mass is 32.2. The van der Waals surface area contributed by atoms with Crippen LogP contribution in [0.25, 0.3) is 11.0 Å². The van der Waals surface area contributed by atoms with Crippen LogP contribution in [-0.4, -0.2) is 23.3 Å². The SMILES string of the molecule is O=c1[nH]c2ccc(S(=O)(=O)Nc3ccccc3[N+](=O)[O-])cc2[nH]c1=O. The summed E-state index contributed by atoms with van der Waals surface area (Å²) in [6.45, 7) is 0. The smallest absolute Gasteiger partial charge is 0.314 e. The highest BCUT2D eigenvalue weighted by Crippen LogP contribution is 2.26. The summed E-state index contributed by atoms with van der Waals surface area (Å²) < 4.78 is 27.1. The largest absolute Gasteiger partial charge is 0.316 e. The molecule has 3 aromatic rings. The Morgan fingerprint density at radius 2 is 1.60 bits per heavy atom. The van der Waals surface area contributed by atoms with Crippen LogP contribution in [0.3, 0.4) is 0 Å². The van der Waals surface area contributed by atoms with Crippen LogP contribution in [0.15, 0.2) is 56.9 Å². The van der Waals surface area contributed by atoms with Crippen molar-refractivity contribution >= 4 is 32.4 Å². The van der Waals surface area contributed by atoms with Gasteiger partial charge in [-0.15, -0.1) is 0 Å². The normalized spacial score (nSPS) is 11.4. The first kappa shape index (κ1) is 16.4. The topological polar surface area (TPSA) is 155 Å². The van der Waals surface area contributed by atoms with Crippen molar-refractivity contribution in [3.05, 3.63) is 73.3 Å². The Morgan fingerprint density at radius 3 is 2.28 bits per heavy atom. The van der Waals surface area contributed by atoms with Crippen molar-refractivity contribution in [2.24, 2.45) is 0 Å². The van der Waals surface area contributed by atoms with Gasteiger partial charge in [0.1, 0.15) is 5.69 Å². The minimum absolute atomic E-state index is 0.107. The summed E-state index contributed by atoms with van der Waals surface area (Å²) in [7, 11) is -4.15. The maximum Gasteiger partial charge on any atom is 0.314 e. The number of nitrogens with zero attached hydrogens (tertiary/aromatic N) is 1. The number of aromatic amines is 2. The Hall–Kier alpha value is -3.47. The van der Waals surface area contributed by atoms with Crippen molar-refractivity contribution in [3.8, 4) is 0 Å². The van der Waals surface area contributed by atoms with Gasteiger partial charge in [0, 0.05) is 6.07 Å². The van der Waals surface area contributed by atoms with E-state index in [2.05, 4.69) is 14.7 Å². The molecule has 0 bridgehead atoms. The average molecular weight is 362 g/mol. The lowest BCUT2D eigenvalue weighted by Crippen LogP contribution is -2.29. The van der Waals surface area contributed by atoms with Gasteiger partial charge in [0.05, 0.1) is 20.9 Å². The Kier molecular flexibility index (Phi) is 3.85. The van der Waals surface area contributed by atoms with Crippen molar-refractivity contribution in [1.29, 1.82) is 0 Å². The second-order valence-electron chi connectivity index (χ2n) is 5.00. The number of aromatic nitrogens is 2. The third kappa shape index (κ3) is 3.12. The lowest BCUT2D eigenvalue weighted by atomic mass is 10.3. The molecule has 1 aromatic heterocycles. The molecule has 0 saturated heterocycles. The molecule has 0 aliphatic heterocycles. The number of nitro groups is 1. The summed E-state index contributed by atoms with van der Waals surface area (Å²) in [5.74, 6) is 0. The molecule has 0 saturated carbocycles. The van der Waals surface area contributed by atoms with Gasteiger partial charge >= 0.3 is 11.1 Å². The van der Waals surface area contributed by atoms with Crippen LogP contribution < -0.4 is 15.8 Å². The molecule has 0 aliphatic rings. The Labute approximate surface area is 139 Å². The second kappa shape index (κ2) is 5.87. The van der Waals surface area contributed by atoms with Crippen molar-refractivity contribution < 1.29 is 13.3 Å². The molecule has 3 N–H and O–H groups in total. The fourth-order valence-corrected chi connectivity index (χ4v) is 3.28. The Bertz CT molecular complexity index is 1210. The highest BCUT2D eigenvalue weighted by Gasteiger charge is 2.20.